The third kappa shape index (κ3) is 2.32. The van der Waals surface area contributed by atoms with Gasteiger partial charge in [-0.2, -0.15) is 0 Å². The highest BCUT2D eigenvalue weighted by Gasteiger charge is 2.21. The number of aliphatic imine (C=N–C) groups is 1. The summed E-state index contributed by atoms with van der Waals surface area (Å²) in [6.07, 6.45) is 2.69. The Morgan fingerprint density at radius 3 is 2.69 bits per heavy atom. The maximum atomic E-state index is 12.8. The van der Waals surface area contributed by atoms with Crippen molar-refractivity contribution in [3.8, 4) is 0 Å². The van der Waals surface area contributed by atoms with Gasteiger partial charge in [-0.3, -0.25) is 4.99 Å². The summed E-state index contributed by atoms with van der Waals surface area (Å²) in [6.45, 7) is 1.79. The molecule has 0 aromatic heterocycles. The lowest BCUT2D eigenvalue weighted by Crippen LogP contribution is -2.42. The standard InChI is InChI=1S/C9H16FN3/c10-7-1-3-8(4-2-7)13-9-11-5-6-12-9/h7-8H,1-6H2,(H2,11,12,13). The fourth-order valence-electron chi connectivity index (χ4n) is 1.89. The summed E-state index contributed by atoms with van der Waals surface area (Å²) in [7, 11) is 0. The van der Waals surface area contributed by atoms with E-state index in [2.05, 4.69) is 15.6 Å². The van der Waals surface area contributed by atoms with E-state index in [0.717, 1.165) is 31.9 Å². The van der Waals surface area contributed by atoms with E-state index >= 15 is 0 Å². The van der Waals surface area contributed by atoms with Crippen molar-refractivity contribution < 1.29 is 4.39 Å². The van der Waals surface area contributed by atoms with Crippen molar-refractivity contribution in [2.45, 2.75) is 37.9 Å². The summed E-state index contributed by atoms with van der Waals surface area (Å²) in [6, 6.07) is 0.427. The average Bonchev–Trinajstić information content (AvgIpc) is 2.62. The molecule has 2 rings (SSSR count). The quantitative estimate of drug-likeness (QED) is 0.634. The van der Waals surface area contributed by atoms with Crippen LogP contribution in [0.5, 0.6) is 0 Å². The fraction of sp³-hybridized carbons (Fsp3) is 0.889. The summed E-state index contributed by atoms with van der Waals surface area (Å²) >= 11 is 0. The first kappa shape index (κ1) is 8.78. The van der Waals surface area contributed by atoms with E-state index < -0.39 is 6.17 Å². The molecule has 1 saturated carbocycles. The van der Waals surface area contributed by atoms with Crippen molar-refractivity contribution in [1.29, 1.82) is 0 Å². The molecule has 0 saturated heterocycles. The SMILES string of the molecule is FC1CCC(NC2=NCCN2)CC1. The highest BCUT2D eigenvalue weighted by Crippen LogP contribution is 2.20. The Morgan fingerprint density at radius 1 is 1.31 bits per heavy atom. The lowest BCUT2D eigenvalue weighted by atomic mass is 9.94. The molecular weight excluding hydrogens is 169 g/mol. The van der Waals surface area contributed by atoms with Gasteiger partial charge in [0.15, 0.2) is 5.96 Å². The van der Waals surface area contributed by atoms with Crippen LogP contribution in [0.4, 0.5) is 4.39 Å². The number of hydrogen-bond acceptors (Lipinski definition) is 3. The number of nitrogens with zero attached hydrogens (tertiary/aromatic N) is 1. The number of rotatable bonds is 1. The number of guanidine groups is 1. The molecular formula is C9H16FN3. The van der Waals surface area contributed by atoms with Crippen LogP contribution in [0.15, 0.2) is 4.99 Å². The van der Waals surface area contributed by atoms with Gasteiger partial charge in [-0.25, -0.2) is 4.39 Å². The molecule has 3 nitrogen and oxygen atoms in total. The Hall–Kier alpha value is -0.800. The molecule has 0 amide bonds. The van der Waals surface area contributed by atoms with Crippen molar-refractivity contribution in [1.82, 2.24) is 10.6 Å². The zero-order valence-electron chi connectivity index (χ0n) is 7.72. The van der Waals surface area contributed by atoms with Gasteiger partial charge in [-0.1, -0.05) is 0 Å². The molecule has 2 N–H and O–H groups in total. The van der Waals surface area contributed by atoms with E-state index in [4.69, 9.17) is 0 Å². The normalized spacial score (nSPS) is 33.8. The molecule has 0 spiro atoms. The predicted octanol–water partition coefficient (Wildman–Crippen LogP) is 0.816. The summed E-state index contributed by atoms with van der Waals surface area (Å²) in [5, 5.41) is 6.47. The molecule has 13 heavy (non-hydrogen) atoms. The molecule has 4 heteroatoms. The third-order valence-corrected chi connectivity index (χ3v) is 2.67. The van der Waals surface area contributed by atoms with Crippen LogP contribution in [0.25, 0.3) is 0 Å². The first-order valence-corrected chi connectivity index (χ1v) is 5.03. The van der Waals surface area contributed by atoms with Crippen LogP contribution in [-0.4, -0.2) is 31.3 Å². The second kappa shape index (κ2) is 3.94. The van der Waals surface area contributed by atoms with Gasteiger partial charge < -0.3 is 10.6 Å². The van der Waals surface area contributed by atoms with Gasteiger partial charge >= 0.3 is 0 Å². The van der Waals surface area contributed by atoms with E-state index in [1.165, 1.54) is 0 Å². The van der Waals surface area contributed by atoms with Crippen LogP contribution in [0, 0.1) is 0 Å². The van der Waals surface area contributed by atoms with Crippen molar-refractivity contribution in [3.05, 3.63) is 0 Å². The minimum absolute atomic E-state index is 0.427. The molecule has 74 valence electrons. The van der Waals surface area contributed by atoms with Gasteiger partial charge in [0.05, 0.1) is 6.54 Å². The van der Waals surface area contributed by atoms with Crippen molar-refractivity contribution >= 4 is 5.96 Å². The lowest BCUT2D eigenvalue weighted by Gasteiger charge is -2.25. The molecule has 1 heterocycles. The topological polar surface area (TPSA) is 36.4 Å². The second-order valence-electron chi connectivity index (χ2n) is 3.75. The van der Waals surface area contributed by atoms with Gasteiger partial charge in [0.1, 0.15) is 6.17 Å². The monoisotopic (exact) mass is 185 g/mol. The van der Waals surface area contributed by atoms with Crippen molar-refractivity contribution in [3.63, 3.8) is 0 Å². The second-order valence-corrected chi connectivity index (χ2v) is 3.75. The third-order valence-electron chi connectivity index (χ3n) is 2.67. The zero-order valence-corrected chi connectivity index (χ0v) is 7.72. The van der Waals surface area contributed by atoms with Gasteiger partial charge in [0.25, 0.3) is 0 Å². The Kier molecular flexibility index (Phi) is 2.66. The predicted molar refractivity (Wildman–Crippen MR) is 50.6 cm³/mol. The van der Waals surface area contributed by atoms with E-state index in [1.54, 1.807) is 0 Å². The number of halogens is 1. The van der Waals surface area contributed by atoms with E-state index in [1.807, 2.05) is 0 Å². The Morgan fingerprint density at radius 2 is 2.08 bits per heavy atom. The van der Waals surface area contributed by atoms with Gasteiger partial charge in [-0.05, 0) is 25.7 Å². The van der Waals surface area contributed by atoms with Crippen LogP contribution in [0.1, 0.15) is 25.7 Å². The zero-order chi connectivity index (χ0) is 9.10. The summed E-state index contributed by atoms with van der Waals surface area (Å²) < 4.78 is 12.8. The van der Waals surface area contributed by atoms with E-state index in [-0.39, 0.29) is 0 Å². The molecule has 0 atom stereocenters. The summed E-state index contributed by atoms with van der Waals surface area (Å²) in [5.74, 6) is 0.905. The fourth-order valence-corrected chi connectivity index (χ4v) is 1.89. The van der Waals surface area contributed by atoms with Crippen LogP contribution < -0.4 is 10.6 Å². The molecule has 1 aliphatic carbocycles. The van der Waals surface area contributed by atoms with Crippen LogP contribution in [-0.2, 0) is 0 Å². The first-order valence-electron chi connectivity index (χ1n) is 5.03. The number of hydrogen-bond donors (Lipinski definition) is 2. The summed E-state index contributed by atoms with van der Waals surface area (Å²) in [5.41, 5.74) is 0. The first-order chi connectivity index (χ1) is 6.34. The molecule has 0 unspecified atom stereocenters. The van der Waals surface area contributed by atoms with Gasteiger partial charge in [0.2, 0.25) is 0 Å². The Bertz CT molecular complexity index is 197. The van der Waals surface area contributed by atoms with E-state index in [9.17, 15) is 4.39 Å². The highest BCUT2D eigenvalue weighted by atomic mass is 19.1. The maximum absolute atomic E-state index is 12.8. The smallest absolute Gasteiger partial charge is 0.191 e. The Labute approximate surface area is 77.8 Å². The molecule has 0 aromatic carbocycles. The maximum Gasteiger partial charge on any atom is 0.191 e. The van der Waals surface area contributed by atoms with Crippen molar-refractivity contribution in [2.75, 3.05) is 13.1 Å². The van der Waals surface area contributed by atoms with Gasteiger partial charge in [0, 0.05) is 12.6 Å². The van der Waals surface area contributed by atoms with E-state index in [0.29, 0.717) is 18.9 Å². The minimum Gasteiger partial charge on any atom is -0.355 e. The Balaban J connectivity index is 1.75. The molecule has 1 aliphatic heterocycles. The van der Waals surface area contributed by atoms with Crippen LogP contribution >= 0.6 is 0 Å². The lowest BCUT2D eigenvalue weighted by molar-refractivity contribution is 0.228. The van der Waals surface area contributed by atoms with Crippen molar-refractivity contribution in [2.24, 2.45) is 4.99 Å². The minimum atomic E-state index is -0.573. The highest BCUT2D eigenvalue weighted by molar-refractivity contribution is 5.81. The molecule has 1 fully saturated rings. The largest absolute Gasteiger partial charge is 0.355 e. The number of alkyl halides is 1. The molecule has 0 radical (unpaired) electrons. The van der Waals surface area contributed by atoms with Gasteiger partial charge in [-0.15, -0.1) is 0 Å². The molecule has 0 bridgehead atoms. The van der Waals surface area contributed by atoms with Crippen LogP contribution in [0.2, 0.25) is 0 Å². The molecule has 0 aromatic rings. The average molecular weight is 185 g/mol. The number of nitrogens with one attached hydrogen (secondary N) is 2. The summed E-state index contributed by atoms with van der Waals surface area (Å²) in [4.78, 5) is 4.25. The molecule has 2 aliphatic rings. The van der Waals surface area contributed by atoms with Crippen LogP contribution in [0.3, 0.4) is 0 Å².